The summed E-state index contributed by atoms with van der Waals surface area (Å²) in [6.45, 7) is 6.03. The minimum atomic E-state index is -0.182. The maximum absolute atomic E-state index is 9.75. The number of hydrogen-bond donors (Lipinski definition) is 2. The molecular weight excluding hydrogens is 463 g/mol. The van der Waals surface area contributed by atoms with Crippen molar-refractivity contribution in [3.8, 4) is 0 Å². The van der Waals surface area contributed by atoms with E-state index >= 15 is 0 Å². The first-order chi connectivity index (χ1) is 12.3. The highest BCUT2D eigenvalue weighted by Gasteiger charge is 2.19. The van der Waals surface area contributed by atoms with Crippen LogP contribution in [0.4, 0.5) is 0 Å². The zero-order valence-electron chi connectivity index (χ0n) is 15.0. The van der Waals surface area contributed by atoms with Gasteiger partial charge in [0.2, 0.25) is 0 Å². The number of guanidine groups is 1. The van der Waals surface area contributed by atoms with Crippen molar-refractivity contribution < 1.29 is 5.11 Å². The van der Waals surface area contributed by atoms with E-state index in [-0.39, 0.29) is 30.1 Å². The van der Waals surface area contributed by atoms with Gasteiger partial charge in [0.05, 0.1) is 12.6 Å². The van der Waals surface area contributed by atoms with Crippen LogP contribution in [-0.2, 0) is 19.5 Å². The van der Waals surface area contributed by atoms with Crippen molar-refractivity contribution in [2.24, 2.45) is 4.99 Å². The molecule has 0 aliphatic carbocycles. The van der Waals surface area contributed by atoms with E-state index in [0.717, 1.165) is 57.2 Å². The minimum Gasteiger partial charge on any atom is -0.393 e. The number of nitrogens with one attached hydrogen (secondary N) is 1. The van der Waals surface area contributed by atoms with Crippen LogP contribution in [0, 0.1) is 0 Å². The van der Waals surface area contributed by atoms with E-state index < -0.39 is 0 Å². The van der Waals surface area contributed by atoms with E-state index in [2.05, 4.69) is 49.4 Å². The van der Waals surface area contributed by atoms with Crippen molar-refractivity contribution in [1.82, 2.24) is 25.0 Å². The summed E-state index contributed by atoms with van der Waals surface area (Å²) in [5.41, 5.74) is 0. The molecule has 1 aliphatic heterocycles. The number of aliphatic hydroxyl groups is 1. The van der Waals surface area contributed by atoms with Gasteiger partial charge in [-0.2, -0.15) is 0 Å². The van der Waals surface area contributed by atoms with Crippen LogP contribution in [0.5, 0.6) is 0 Å². The number of aryl methyl sites for hydroxylation is 1. The molecule has 2 aromatic rings. The maximum Gasteiger partial charge on any atom is 0.194 e. The number of piperidine rings is 1. The first-order valence-electron chi connectivity index (χ1n) is 8.86. The Hall–Kier alpha value is -1.20. The van der Waals surface area contributed by atoms with Crippen molar-refractivity contribution in [3.05, 3.63) is 34.5 Å². The standard InChI is InChI=1S/C17H26N6OS.HI/c1-2-16-21-20-13-23(16)10-7-18-17(19-12-15-4-3-11-25-15)22-8-5-14(24)6-9-22;/h3-4,11,13-14,24H,2,5-10,12H2,1H3,(H,18,19);1H. The third kappa shape index (κ3) is 5.92. The van der Waals surface area contributed by atoms with E-state index in [4.69, 9.17) is 4.99 Å². The number of likely N-dealkylation sites (tertiary alicyclic amines) is 1. The highest BCUT2D eigenvalue weighted by Crippen LogP contribution is 2.13. The van der Waals surface area contributed by atoms with Gasteiger partial charge in [0.15, 0.2) is 5.96 Å². The number of aliphatic hydroxyl groups excluding tert-OH is 1. The highest BCUT2D eigenvalue weighted by atomic mass is 127. The van der Waals surface area contributed by atoms with Crippen LogP contribution in [0.3, 0.4) is 0 Å². The van der Waals surface area contributed by atoms with Crippen molar-refractivity contribution in [1.29, 1.82) is 0 Å². The molecular formula is C17H27IN6OS. The van der Waals surface area contributed by atoms with Gasteiger partial charge in [-0.05, 0) is 24.3 Å². The van der Waals surface area contributed by atoms with Gasteiger partial charge in [0.1, 0.15) is 12.2 Å². The molecule has 0 amide bonds. The summed E-state index contributed by atoms with van der Waals surface area (Å²) >= 11 is 1.72. The zero-order chi connectivity index (χ0) is 17.5. The Labute approximate surface area is 175 Å². The topological polar surface area (TPSA) is 78.6 Å². The number of nitrogens with zero attached hydrogens (tertiary/aromatic N) is 5. The van der Waals surface area contributed by atoms with E-state index in [1.807, 2.05) is 0 Å². The SMILES string of the molecule is CCc1nncn1CCNC(=NCc1cccs1)N1CCC(O)CC1.I. The van der Waals surface area contributed by atoms with Gasteiger partial charge in [-0.3, -0.25) is 0 Å². The molecule has 3 heterocycles. The average molecular weight is 490 g/mol. The Balaban J connectivity index is 0.00000243. The summed E-state index contributed by atoms with van der Waals surface area (Å²) in [7, 11) is 0. The van der Waals surface area contributed by atoms with Crippen molar-refractivity contribution in [2.75, 3.05) is 19.6 Å². The molecule has 0 radical (unpaired) electrons. The van der Waals surface area contributed by atoms with Gasteiger partial charge in [0.25, 0.3) is 0 Å². The van der Waals surface area contributed by atoms with Gasteiger partial charge in [0, 0.05) is 37.5 Å². The second kappa shape index (κ2) is 10.8. The first kappa shape index (κ1) is 21.1. The summed E-state index contributed by atoms with van der Waals surface area (Å²) in [4.78, 5) is 8.29. The Morgan fingerprint density at radius 3 is 2.92 bits per heavy atom. The number of rotatable bonds is 6. The fourth-order valence-electron chi connectivity index (χ4n) is 2.93. The van der Waals surface area contributed by atoms with Crippen LogP contribution in [0.1, 0.15) is 30.5 Å². The summed E-state index contributed by atoms with van der Waals surface area (Å²) in [5.74, 6) is 1.92. The molecule has 9 heteroatoms. The minimum absolute atomic E-state index is 0. The molecule has 2 aromatic heterocycles. The average Bonchev–Trinajstić information content (AvgIpc) is 3.30. The summed E-state index contributed by atoms with van der Waals surface area (Å²) in [5, 5.41) is 23.4. The highest BCUT2D eigenvalue weighted by molar-refractivity contribution is 14.0. The molecule has 26 heavy (non-hydrogen) atoms. The molecule has 0 bridgehead atoms. The monoisotopic (exact) mass is 490 g/mol. The Morgan fingerprint density at radius 1 is 1.42 bits per heavy atom. The van der Waals surface area contributed by atoms with E-state index in [0.29, 0.717) is 6.54 Å². The fraction of sp³-hybridized carbons (Fsp3) is 0.588. The molecule has 3 rings (SSSR count). The van der Waals surface area contributed by atoms with Crippen LogP contribution >= 0.6 is 35.3 Å². The van der Waals surface area contributed by atoms with Gasteiger partial charge in [-0.15, -0.1) is 45.5 Å². The molecule has 144 valence electrons. The quantitative estimate of drug-likeness (QED) is 0.369. The maximum atomic E-state index is 9.75. The zero-order valence-corrected chi connectivity index (χ0v) is 18.2. The van der Waals surface area contributed by atoms with Crippen LogP contribution in [-0.4, -0.2) is 56.5 Å². The van der Waals surface area contributed by atoms with Gasteiger partial charge < -0.3 is 19.9 Å². The van der Waals surface area contributed by atoms with Gasteiger partial charge in [-0.1, -0.05) is 13.0 Å². The summed E-state index contributed by atoms with van der Waals surface area (Å²) in [6.07, 6.45) is 4.07. The normalized spacial score (nSPS) is 15.8. The van der Waals surface area contributed by atoms with Crippen molar-refractivity contribution in [3.63, 3.8) is 0 Å². The van der Waals surface area contributed by atoms with Gasteiger partial charge in [-0.25, -0.2) is 4.99 Å². The molecule has 0 unspecified atom stereocenters. The summed E-state index contributed by atoms with van der Waals surface area (Å²) < 4.78 is 2.07. The lowest BCUT2D eigenvalue weighted by atomic mass is 10.1. The lowest BCUT2D eigenvalue weighted by Crippen LogP contribution is -2.47. The number of halogens is 1. The first-order valence-corrected chi connectivity index (χ1v) is 9.74. The Bertz CT molecular complexity index is 667. The van der Waals surface area contributed by atoms with Crippen molar-refractivity contribution >= 4 is 41.3 Å². The number of aromatic nitrogens is 3. The predicted molar refractivity (Wildman–Crippen MR) is 115 cm³/mol. The smallest absolute Gasteiger partial charge is 0.194 e. The third-order valence-electron chi connectivity index (χ3n) is 4.38. The van der Waals surface area contributed by atoms with Crippen molar-refractivity contribution in [2.45, 2.75) is 45.4 Å². The molecule has 7 nitrogen and oxygen atoms in total. The van der Waals surface area contributed by atoms with Gasteiger partial charge >= 0.3 is 0 Å². The molecule has 1 fully saturated rings. The van der Waals surface area contributed by atoms with Crippen LogP contribution in [0.15, 0.2) is 28.8 Å². The molecule has 1 saturated heterocycles. The third-order valence-corrected chi connectivity index (χ3v) is 5.24. The second-order valence-electron chi connectivity index (χ2n) is 6.16. The lowest BCUT2D eigenvalue weighted by Gasteiger charge is -2.32. The number of hydrogen-bond acceptors (Lipinski definition) is 5. The molecule has 0 aromatic carbocycles. The summed E-state index contributed by atoms with van der Waals surface area (Å²) in [6, 6.07) is 4.16. The molecule has 0 atom stereocenters. The molecule has 0 spiro atoms. The predicted octanol–water partition coefficient (Wildman–Crippen LogP) is 2.12. The van der Waals surface area contributed by atoms with Crippen LogP contribution in [0.2, 0.25) is 0 Å². The number of thiophene rings is 1. The van der Waals surface area contributed by atoms with Crippen LogP contribution < -0.4 is 5.32 Å². The van der Waals surface area contributed by atoms with Crippen LogP contribution in [0.25, 0.3) is 0 Å². The molecule has 1 aliphatic rings. The molecule has 2 N–H and O–H groups in total. The number of aliphatic imine (C=N–C) groups is 1. The Kier molecular flexibility index (Phi) is 8.79. The van der Waals surface area contributed by atoms with E-state index in [9.17, 15) is 5.11 Å². The fourth-order valence-corrected chi connectivity index (χ4v) is 3.56. The second-order valence-corrected chi connectivity index (χ2v) is 7.19. The Morgan fingerprint density at radius 2 is 2.23 bits per heavy atom. The molecule has 0 saturated carbocycles. The van der Waals surface area contributed by atoms with E-state index in [1.165, 1.54) is 4.88 Å². The largest absolute Gasteiger partial charge is 0.393 e. The van der Waals surface area contributed by atoms with E-state index in [1.54, 1.807) is 17.7 Å². The lowest BCUT2D eigenvalue weighted by molar-refractivity contribution is 0.108.